The van der Waals surface area contributed by atoms with Crippen LogP contribution in [0.5, 0.6) is 0 Å². The lowest BCUT2D eigenvalue weighted by Crippen LogP contribution is -2.26. The van der Waals surface area contributed by atoms with Gasteiger partial charge in [0.15, 0.2) is 0 Å². The van der Waals surface area contributed by atoms with E-state index in [2.05, 4.69) is 39.2 Å². The molecule has 162 valence electrons. The van der Waals surface area contributed by atoms with Crippen LogP contribution < -0.4 is 14.9 Å². The lowest BCUT2D eigenvalue weighted by molar-refractivity contribution is -0.114. The zero-order chi connectivity index (χ0) is 21.6. The van der Waals surface area contributed by atoms with Crippen molar-refractivity contribution >= 4 is 27.3 Å². The molecule has 2 N–H and O–H groups in total. The zero-order valence-corrected chi connectivity index (χ0v) is 18.6. The maximum atomic E-state index is 12.7. The Morgan fingerprint density at radius 2 is 1.67 bits per heavy atom. The van der Waals surface area contributed by atoms with Gasteiger partial charge in [-0.3, -0.25) is 4.79 Å². The van der Waals surface area contributed by atoms with Crippen molar-refractivity contribution < 1.29 is 13.2 Å². The third kappa shape index (κ3) is 6.06. The van der Waals surface area contributed by atoms with Gasteiger partial charge >= 0.3 is 0 Å². The minimum absolute atomic E-state index is 0.190. The molecule has 1 saturated heterocycles. The average molecular weight is 430 g/mol. The first-order valence-corrected chi connectivity index (χ1v) is 12.1. The molecule has 3 rings (SSSR count). The molecule has 1 amide bonds. The summed E-state index contributed by atoms with van der Waals surface area (Å²) in [6, 6.07) is 13.2. The van der Waals surface area contributed by atoms with E-state index in [0.29, 0.717) is 24.2 Å². The molecule has 0 aliphatic carbocycles. The van der Waals surface area contributed by atoms with Gasteiger partial charge in [0.2, 0.25) is 15.9 Å². The quantitative estimate of drug-likeness (QED) is 0.701. The Morgan fingerprint density at radius 3 is 2.27 bits per heavy atom. The number of carbonyl (C=O) groups excluding carboxylic acids is 1. The summed E-state index contributed by atoms with van der Waals surface area (Å²) in [5.41, 5.74) is 3.53. The Labute approximate surface area is 179 Å². The Morgan fingerprint density at radius 1 is 1.00 bits per heavy atom. The van der Waals surface area contributed by atoms with Crippen molar-refractivity contribution in [1.82, 2.24) is 4.72 Å². The molecule has 0 unspecified atom stereocenters. The summed E-state index contributed by atoms with van der Waals surface area (Å²) in [6.07, 6.45) is 5.74. The van der Waals surface area contributed by atoms with E-state index in [9.17, 15) is 13.2 Å². The van der Waals surface area contributed by atoms with E-state index in [4.69, 9.17) is 0 Å². The second-order valence-electron chi connectivity index (χ2n) is 7.88. The number of rotatable bonds is 7. The minimum atomic E-state index is -3.61. The maximum Gasteiger partial charge on any atom is 0.240 e. The van der Waals surface area contributed by atoms with Gasteiger partial charge in [-0.1, -0.05) is 25.0 Å². The van der Waals surface area contributed by atoms with Gasteiger partial charge in [0.05, 0.1) is 4.90 Å². The summed E-state index contributed by atoms with van der Waals surface area (Å²) >= 11 is 0. The molecular weight excluding hydrogens is 398 g/mol. The number of carbonyl (C=O) groups is 1. The smallest absolute Gasteiger partial charge is 0.240 e. The maximum absolute atomic E-state index is 12.7. The highest BCUT2D eigenvalue weighted by Crippen LogP contribution is 2.21. The van der Waals surface area contributed by atoms with E-state index in [-0.39, 0.29) is 10.8 Å². The van der Waals surface area contributed by atoms with E-state index in [1.54, 1.807) is 19.1 Å². The Kier molecular flexibility index (Phi) is 7.50. The first-order chi connectivity index (χ1) is 14.3. The van der Waals surface area contributed by atoms with Crippen molar-refractivity contribution in [2.75, 3.05) is 29.9 Å². The molecular formula is C23H31N3O3S. The number of nitrogens with zero attached hydrogens (tertiary/aromatic N) is 1. The van der Waals surface area contributed by atoms with Gasteiger partial charge < -0.3 is 10.2 Å². The van der Waals surface area contributed by atoms with Crippen LogP contribution in [0.15, 0.2) is 47.4 Å². The monoisotopic (exact) mass is 429 g/mol. The predicted molar refractivity (Wildman–Crippen MR) is 121 cm³/mol. The first-order valence-electron chi connectivity index (χ1n) is 10.6. The molecule has 0 radical (unpaired) electrons. The number of sulfonamides is 1. The summed E-state index contributed by atoms with van der Waals surface area (Å²) in [7, 11) is -3.61. The summed E-state index contributed by atoms with van der Waals surface area (Å²) in [4.78, 5) is 13.8. The van der Waals surface area contributed by atoms with Crippen LogP contribution in [0.1, 0.15) is 43.7 Å². The highest BCUT2D eigenvalue weighted by atomic mass is 32.2. The van der Waals surface area contributed by atoms with Crippen LogP contribution in [-0.2, 0) is 21.2 Å². The van der Waals surface area contributed by atoms with Crippen LogP contribution in [0.25, 0.3) is 0 Å². The van der Waals surface area contributed by atoms with Crippen molar-refractivity contribution in [2.24, 2.45) is 0 Å². The SMILES string of the molecule is CC(=O)Nc1ccc(S(=O)(=O)NCCc2ccc(N3CCCCCC3)cc2)c(C)c1. The molecule has 0 atom stereocenters. The standard InChI is InChI=1S/C23H31N3O3S/c1-18-17-21(25-19(2)27)9-12-23(18)30(28,29)24-14-13-20-7-10-22(11-8-20)26-15-5-3-4-6-16-26/h7-12,17,24H,3-6,13-16H2,1-2H3,(H,25,27). The van der Waals surface area contributed by atoms with Gasteiger partial charge in [-0.05, 0) is 67.6 Å². The Balaban J connectivity index is 1.57. The molecule has 7 heteroatoms. The van der Waals surface area contributed by atoms with Gasteiger partial charge in [-0.15, -0.1) is 0 Å². The van der Waals surface area contributed by atoms with Crippen LogP contribution in [-0.4, -0.2) is 34.0 Å². The van der Waals surface area contributed by atoms with E-state index < -0.39 is 10.0 Å². The van der Waals surface area contributed by atoms with Gasteiger partial charge in [-0.25, -0.2) is 13.1 Å². The van der Waals surface area contributed by atoms with E-state index in [1.165, 1.54) is 44.4 Å². The van der Waals surface area contributed by atoms with Crippen molar-refractivity contribution in [2.45, 2.75) is 50.8 Å². The first kappa shape index (κ1) is 22.3. The van der Waals surface area contributed by atoms with Crippen molar-refractivity contribution in [3.8, 4) is 0 Å². The van der Waals surface area contributed by atoms with Crippen molar-refractivity contribution in [1.29, 1.82) is 0 Å². The number of nitrogens with one attached hydrogen (secondary N) is 2. The van der Waals surface area contributed by atoms with E-state index in [1.807, 2.05) is 0 Å². The molecule has 1 heterocycles. The highest BCUT2D eigenvalue weighted by molar-refractivity contribution is 7.89. The van der Waals surface area contributed by atoms with Crippen molar-refractivity contribution in [3.05, 3.63) is 53.6 Å². The summed E-state index contributed by atoms with van der Waals surface area (Å²) in [5, 5.41) is 2.66. The fourth-order valence-electron chi connectivity index (χ4n) is 3.84. The number of amides is 1. The Hall–Kier alpha value is -2.38. The van der Waals surface area contributed by atoms with E-state index >= 15 is 0 Å². The molecule has 2 aromatic rings. The van der Waals surface area contributed by atoms with Crippen molar-refractivity contribution in [3.63, 3.8) is 0 Å². The second-order valence-corrected chi connectivity index (χ2v) is 9.61. The van der Waals surface area contributed by atoms with Gasteiger partial charge in [0.1, 0.15) is 0 Å². The van der Waals surface area contributed by atoms with Crippen LogP contribution in [0, 0.1) is 6.92 Å². The number of aryl methyl sites for hydroxylation is 1. The minimum Gasteiger partial charge on any atom is -0.372 e. The fourth-order valence-corrected chi connectivity index (χ4v) is 5.10. The largest absolute Gasteiger partial charge is 0.372 e. The predicted octanol–water partition coefficient (Wildman–Crippen LogP) is 3.85. The molecule has 6 nitrogen and oxygen atoms in total. The van der Waals surface area contributed by atoms with Crippen LogP contribution in [0.4, 0.5) is 11.4 Å². The summed E-state index contributed by atoms with van der Waals surface area (Å²) in [6.45, 7) is 5.69. The molecule has 0 bridgehead atoms. The molecule has 0 aromatic heterocycles. The molecule has 0 spiro atoms. The van der Waals surface area contributed by atoms with Gasteiger partial charge in [0.25, 0.3) is 0 Å². The number of hydrogen-bond acceptors (Lipinski definition) is 4. The zero-order valence-electron chi connectivity index (χ0n) is 17.8. The third-order valence-corrected chi connectivity index (χ3v) is 7.02. The molecule has 1 fully saturated rings. The lowest BCUT2D eigenvalue weighted by Gasteiger charge is -2.22. The fraction of sp³-hybridized carbons (Fsp3) is 0.435. The average Bonchev–Trinajstić information content (AvgIpc) is 2.97. The van der Waals surface area contributed by atoms with Gasteiger partial charge in [0, 0.05) is 37.9 Å². The molecule has 0 saturated carbocycles. The third-order valence-electron chi connectivity index (χ3n) is 5.40. The molecule has 2 aromatic carbocycles. The number of anilines is 2. The topological polar surface area (TPSA) is 78.5 Å². The molecule has 1 aliphatic heterocycles. The summed E-state index contributed by atoms with van der Waals surface area (Å²) in [5.74, 6) is -0.190. The number of benzene rings is 2. The van der Waals surface area contributed by atoms with Gasteiger partial charge in [-0.2, -0.15) is 0 Å². The lowest BCUT2D eigenvalue weighted by atomic mass is 10.1. The second kappa shape index (κ2) is 10.1. The highest BCUT2D eigenvalue weighted by Gasteiger charge is 2.17. The normalized spacial score (nSPS) is 14.9. The molecule has 1 aliphatic rings. The number of hydrogen-bond donors (Lipinski definition) is 2. The van der Waals surface area contributed by atoms with Crippen LogP contribution >= 0.6 is 0 Å². The summed E-state index contributed by atoms with van der Waals surface area (Å²) < 4.78 is 28.0. The van der Waals surface area contributed by atoms with Crippen LogP contribution in [0.2, 0.25) is 0 Å². The van der Waals surface area contributed by atoms with Crippen LogP contribution in [0.3, 0.4) is 0 Å². The molecule has 30 heavy (non-hydrogen) atoms. The van der Waals surface area contributed by atoms with E-state index in [0.717, 1.165) is 18.7 Å². The Bertz CT molecular complexity index is 964.